The smallest absolute Gasteiger partial charge is 0.265 e. The minimum Gasteiger partial charge on any atom is -0.378 e. The Morgan fingerprint density at radius 2 is 2.14 bits per heavy atom. The van der Waals surface area contributed by atoms with Gasteiger partial charge in [0.15, 0.2) is 5.82 Å². The third-order valence-corrected chi connectivity index (χ3v) is 6.47. The standard InChI is InChI=1S/C14H13Br2N3O2S/c15-9-8-11(22-12(9)16)14(20)18-10-2-1-3-17-13(10)19-4-6-21-7-5-19/h1-3,8H,4-7H2,(H,18,20). The lowest BCUT2D eigenvalue weighted by atomic mass is 10.3. The van der Waals surface area contributed by atoms with Crippen LogP contribution < -0.4 is 10.2 Å². The first-order valence-corrected chi connectivity index (χ1v) is 9.09. The normalized spacial score (nSPS) is 14.9. The Kier molecular flexibility index (Phi) is 5.12. The third-order valence-electron chi connectivity index (χ3n) is 3.21. The molecule has 0 radical (unpaired) electrons. The van der Waals surface area contributed by atoms with E-state index in [0.717, 1.165) is 32.9 Å². The summed E-state index contributed by atoms with van der Waals surface area (Å²) in [5, 5.41) is 2.95. The number of ether oxygens (including phenoxy) is 1. The maximum atomic E-state index is 12.4. The highest BCUT2D eigenvalue weighted by molar-refractivity contribution is 9.13. The first kappa shape index (κ1) is 15.9. The van der Waals surface area contributed by atoms with Gasteiger partial charge >= 0.3 is 0 Å². The molecule has 116 valence electrons. The highest BCUT2D eigenvalue weighted by atomic mass is 79.9. The molecule has 1 amide bonds. The molecule has 2 aromatic rings. The number of hydrogen-bond acceptors (Lipinski definition) is 5. The van der Waals surface area contributed by atoms with Gasteiger partial charge in [-0.1, -0.05) is 0 Å². The van der Waals surface area contributed by atoms with Crippen molar-refractivity contribution in [2.75, 3.05) is 36.5 Å². The van der Waals surface area contributed by atoms with Crippen LogP contribution in [0.5, 0.6) is 0 Å². The third kappa shape index (κ3) is 3.51. The monoisotopic (exact) mass is 445 g/mol. The molecule has 1 fully saturated rings. The number of halogens is 2. The number of thiophene rings is 1. The van der Waals surface area contributed by atoms with Crippen LogP contribution in [0.3, 0.4) is 0 Å². The van der Waals surface area contributed by atoms with Gasteiger partial charge in [0.25, 0.3) is 5.91 Å². The summed E-state index contributed by atoms with van der Waals surface area (Å²) in [4.78, 5) is 19.6. The van der Waals surface area contributed by atoms with E-state index < -0.39 is 0 Å². The number of carbonyl (C=O) groups is 1. The van der Waals surface area contributed by atoms with Gasteiger partial charge in [0.05, 0.1) is 27.6 Å². The highest BCUT2D eigenvalue weighted by Gasteiger charge is 2.18. The number of carbonyl (C=O) groups excluding carboxylic acids is 1. The molecule has 1 N–H and O–H groups in total. The Bertz CT molecular complexity index is 667. The lowest BCUT2D eigenvalue weighted by Gasteiger charge is -2.29. The molecule has 1 aliphatic heterocycles. The zero-order valence-electron chi connectivity index (χ0n) is 11.5. The van der Waals surface area contributed by atoms with Crippen molar-refractivity contribution in [1.29, 1.82) is 0 Å². The van der Waals surface area contributed by atoms with E-state index in [9.17, 15) is 4.79 Å². The van der Waals surface area contributed by atoms with Gasteiger partial charge in [-0.05, 0) is 50.1 Å². The summed E-state index contributed by atoms with van der Waals surface area (Å²) in [6.07, 6.45) is 1.73. The number of rotatable bonds is 3. The summed E-state index contributed by atoms with van der Waals surface area (Å²) >= 11 is 8.19. The molecule has 22 heavy (non-hydrogen) atoms. The van der Waals surface area contributed by atoms with Crippen molar-refractivity contribution >= 4 is 60.6 Å². The number of hydrogen-bond donors (Lipinski definition) is 1. The summed E-state index contributed by atoms with van der Waals surface area (Å²) in [7, 11) is 0. The predicted octanol–water partition coefficient (Wildman–Crippen LogP) is 3.76. The van der Waals surface area contributed by atoms with Crippen LogP contribution in [0.4, 0.5) is 11.5 Å². The molecule has 0 saturated carbocycles. The van der Waals surface area contributed by atoms with Crippen LogP contribution in [0.1, 0.15) is 9.67 Å². The molecular formula is C14H13Br2N3O2S. The van der Waals surface area contributed by atoms with E-state index in [1.807, 2.05) is 12.1 Å². The molecule has 0 aromatic carbocycles. The van der Waals surface area contributed by atoms with Gasteiger partial charge in [-0.3, -0.25) is 4.79 Å². The molecule has 0 aliphatic carbocycles. The fraction of sp³-hybridized carbons (Fsp3) is 0.286. The Morgan fingerprint density at radius 3 is 2.82 bits per heavy atom. The number of aromatic nitrogens is 1. The molecule has 1 saturated heterocycles. The van der Waals surface area contributed by atoms with Crippen molar-refractivity contribution in [3.63, 3.8) is 0 Å². The fourth-order valence-electron chi connectivity index (χ4n) is 2.16. The average molecular weight is 447 g/mol. The quantitative estimate of drug-likeness (QED) is 0.779. The van der Waals surface area contributed by atoms with Crippen LogP contribution >= 0.6 is 43.2 Å². The number of pyridine rings is 1. The summed E-state index contributed by atoms with van der Waals surface area (Å²) in [5.41, 5.74) is 0.718. The second-order valence-corrected chi connectivity index (χ2v) is 7.88. The van der Waals surface area contributed by atoms with Gasteiger partial charge in [-0.25, -0.2) is 4.98 Å². The summed E-state index contributed by atoms with van der Waals surface area (Å²) in [5.74, 6) is 0.646. The zero-order chi connectivity index (χ0) is 15.5. The maximum Gasteiger partial charge on any atom is 0.265 e. The molecule has 0 unspecified atom stereocenters. The second-order valence-electron chi connectivity index (χ2n) is 4.66. The number of nitrogens with one attached hydrogen (secondary N) is 1. The van der Waals surface area contributed by atoms with E-state index in [2.05, 4.69) is 47.1 Å². The van der Waals surface area contributed by atoms with Crippen molar-refractivity contribution in [3.05, 3.63) is 37.5 Å². The van der Waals surface area contributed by atoms with Crippen LogP contribution in [0.2, 0.25) is 0 Å². The molecule has 5 nitrogen and oxygen atoms in total. The molecule has 0 spiro atoms. The van der Waals surface area contributed by atoms with Gasteiger partial charge in [0.2, 0.25) is 0 Å². The van der Waals surface area contributed by atoms with Crippen LogP contribution in [-0.4, -0.2) is 37.2 Å². The summed E-state index contributed by atoms with van der Waals surface area (Å²) < 4.78 is 7.14. The Morgan fingerprint density at radius 1 is 1.36 bits per heavy atom. The fourth-order valence-corrected chi connectivity index (χ4v) is 4.09. The average Bonchev–Trinajstić information content (AvgIpc) is 2.88. The van der Waals surface area contributed by atoms with Crippen molar-refractivity contribution in [2.45, 2.75) is 0 Å². The van der Waals surface area contributed by atoms with Crippen LogP contribution in [-0.2, 0) is 4.74 Å². The lowest BCUT2D eigenvalue weighted by molar-refractivity contribution is 0.103. The molecule has 2 aromatic heterocycles. The number of amides is 1. The Hall–Kier alpha value is -0.960. The van der Waals surface area contributed by atoms with E-state index in [1.54, 1.807) is 12.3 Å². The van der Waals surface area contributed by atoms with Gasteiger partial charge in [0, 0.05) is 23.8 Å². The molecule has 3 heterocycles. The highest BCUT2D eigenvalue weighted by Crippen LogP contribution is 2.33. The minimum absolute atomic E-state index is 0.140. The molecule has 0 bridgehead atoms. The minimum atomic E-state index is -0.140. The van der Waals surface area contributed by atoms with E-state index in [4.69, 9.17) is 4.74 Å². The van der Waals surface area contributed by atoms with Crippen molar-refractivity contribution in [3.8, 4) is 0 Å². The molecule has 0 atom stereocenters. The number of nitrogens with zero attached hydrogens (tertiary/aromatic N) is 2. The summed E-state index contributed by atoms with van der Waals surface area (Å²) in [6.45, 7) is 2.90. The molecule has 1 aliphatic rings. The van der Waals surface area contributed by atoms with Crippen LogP contribution in [0, 0.1) is 0 Å². The predicted molar refractivity (Wildman–Crippen MR) is 94.9 cm³/mol. The molecule has 8 heteroatoms. The van der Waals surface area contributed by atoms with Crippen molar-refractivity contribution in [1.82, 2.24) is 4.98 Å². The van der Waals surface area contributed by atoms with E-state index in [0.29, 0.717) is 18.1 Å². The van der Waals surface area contributed by atoms with Gasteiger partial charge in [-0.15, -0.1) is 11.3 Å². The van der Waals surface area contributed by atoms with Gasteiger partial charge in [0.1, 0.15) is 0 Å². The zero-order valence-corrected chi connectivity index (χ0v) is 15.5. The van der Waals surface area contributed by atoms with Gasteiger partial charge < -0.3 is 15.0 Å². The number of anilines is 2. The first-order chi connectivity index (χ1) is 10.6. The van der Waals surface area contributed by atoms with E-state index in [1.165, 1.54) is 11.3 Å². The summed E-state index contributed by atoms with van der Waals surface area (Å²) in [6, 6.07) is 5.49. The van der Waals surface area contributed by atoms with Crippen LogP contribution in [0.15, 0.2) is 32.7 Å². The second kappa shape index (κ2) is 7.08. The lowest BCUT2D eigenvalue weighted by Crippen LogP contribution is -2.37. The molecular weight excluding hydrogens is 434 g/mol. The van der Waals surface area contributed by atoms with Crippen LogP contribution in [0.25, 0.3) is 0 Å². The van der Waals surface area contributed by atoms with Crippen molar-refractivity contribution in [2.24, 2.45) is 0 Å². The van der Waals surface area contributed by atoms with Crippen molar-refractivity contribution < 1.29 is 9.53 Å². The largest absolute Gasteiger partial charge is 0.378 e. The first-order valence-electron chi connectivity index (χ1n) is 6.69. The topological polar surface area (TPSA) is 54.5 Å². The van der Waals surface area contributed by atoms with E-state index in [-0.39, 0.29) is 5.91 Å². The maximum absolute atomic E-state index is 12.4. The Labute approximate surface area is 148 Å². The SMILES string of the molecule is O=C(Nc1cccnc1N1CCOCC1)c1cc(Br)c(Br)s1. The number of morpholine rings is 1. The Balaban J connectivity index is 1.81. The molecule has 3 rings (SSSR count). The van der Waals surface area contributed by atoms with E-state index >= 15 is 0 Å². The van der Waals surface area contributed by atoms with Gasteiger partial charge in [-0.2, -0.15) is 0 Å².